The lowest BCUT2D eigenvalue weighted by molar-refractivity contribution is -0.107. The van der Waals surface area contributed by atoms with Crippen LogP contribution in [0.25, 0.3) is 0 Å². The molecule has 72 valence electrons. The van der Waals surface area contributed by atoms with Crippen molar-refractivity contribution in [1.29, 1.82) is 0 Å². The fraction of sp³-hybridized carbons (Fsp3) is 0.556. The first-order valence-corrected chi connectivity index (χ1v) is 5.22. The maximum atomic E-state index is 10.2. The molecule has 13 heavy (non-hydrogen) atoms. The molecule has 0 bridgehead atoms. The molecule has 0 aliphatic heterocycles. The minimum atomic E-state index is 0.563. The van der Waals surface area contributed by atoms with Gasteiger partial charge in [-0.25, -0.2) is 0 Å². The number of carbonyl (C=O) groups excluding carboxylic acids is 1. The molecule has 0 aliphatic carbocycles. The lowest BCUT2D eigenvalue weighted by atomic mass is 10.2. The minimum absolute atomic E-state index is 0.563. The van der Waals surface area contributed by atoms with Gasteiger partial charge >= 0.3 is 0 Å². The van der Waals surface area contributed by atoms with E-state index in [9.17, 15) is 4.79 Å². The van der Waals surface area contributed by atoms with Gasteiger partial charge in [0.05, 0.1) is 16.4 Å². The molecule has 3 nitrogen and oxygen atoms in total. The van der Waals surface area contributed by atoms with Crippen LogP contribution in [-0.4, -0.2) is 16.1 Å². The second kappa shape index (κ2) is 5.17. The number of carbonyl (C=O) groups is 1. The summed E-state index contributed by atoms with van der Waals surface area (Å²) in [5.41, 5.74) is 1.12. The topological polar surface area (TPSA) is 34.9 Å². The number of aldehydes is 1. The summed E-state index contributed by atoms with van der Waals surface area (Å²) in [4.78, 5) is 10.2. The van der Waals surface area contributed by atoms with Crippen molar-refractivity contribution in [2.75, 3.05) is 0 Å². The normalized spacial score (nSPS) is 10.3. The Labute approximate surface area is 86.3 Å². The van der Waals surface area contributed by atoms with Gasteiger partial charge in [0.2, 0.25) is 0 Å². The third kappa shape index (κ3) is 2.66. The van der Waals surface area contributed by atoms with E-state index in [1.165, 1.54) is 0 Å². The van der Waals surface area contributed by atoms with E-state index in [0.29, 0.717) is 6.42 Å². The number of hydrogen-bond donors (Lipinski definition) is 0. The second-order valence-electron chi connectivity index (χ2n) is 2.87. The van der Waals surface area contributed by atoms with E-state index in [1.807, 2.05) is 4.68 Å². The number of aryl methyl sites for hydroxylation is 1. The van der Waals surface area contributed by atoms with Crippen molar-refractivity contribution in [2.24, 2.45) is 0 Å². The summed E-state index contributed by atoms with van der Waals surface area (Å²) in [6.45, 7) is 3.03. The molecule has 1 aromatic heterocycles. The Bertz CT molecular complexity index is 283. The Hall–Kier alpha value is -0.640. The van der Waals surface area contributed by atoms with Crippen LogP contribution in [0.2, 0.25) is 0 Å². The highest BCUT2D eigenvalue weighted by Crippen LogP contribution is 2.17. The van der Waals surface area contributed by atoms with Crippen molar-refractivity contribution in [3.63, 3.8) is 0 Å². The Morgan fingerprint density at radius 3 is 3.08 bits per heavy atom. The third-order valence-corrected chi connectivity index (χ3v) is 2.49. The first-order valence-electron chi connectivity index (χ1n) is 4.43. The molecule has 0 unspecified atom stereocenters. The molecule has 4 heteroatoms. The van der Waals surface area contributed by atoms with Crippen LogP contribution in [0.15, 0.2) is 10.7 Å². The molecule has 0 amide bonds. The van der Waals surface area contributed by atoms with E-state index in [-0.39, 0.29) is 0 Å². The fourth-order valence-corrected chi connectivity index (χ4v) is 1.73. The molecular weight excluding hydrogens is 232 g/mol. The van der Waals surface area contributed by atoms with E-state index in [2.05, 4.69) is 28.0 Å². The number of nitrogens with zero attached hydrogens (tertiary/aromatic N) is 2. The monoisotopic (exact) mass is 244 g/mol. The van der Waals surface area contributed by atoms with Crippen molar-refractivity contribution >= 4 is 22.2 Å². The Morgan fingerprint density at radius 2 is 2.46 bits per heavy atom. The van der Waals surface area contributed by atoms with Gasteiger partial charge in [-0.05, 0) is 28.8 Å². The maximum absolute atomic E-state index is 10.2. The summed E-state index contributed by atoms with van der Waals surface area (Å²) in [6.07, 6.45) is 5.12. The zero-order chi connectivity index (χ0) is 9.68. The molecule has 0 fully saturated rings. The van der Waals surface area contributed by atoms with Gasteiger partial charge in [0, 0.05) is 13.0 Å². The first kappa shape index (κ1) is 10.4. The molecule has 0 spiro atoms. The van der Waals surface area contributed by atoms with Gasteiger partial charge < -0.3 is 4.79 Å². The van der Waals surface area contributed by atoms with Crippen LogP contribution in [0.5, 0.6) is 0 Å². The molecule has 0 radical (unpaired) electrons. The summed E-state index contributed by atoms with van der Waals surface area (Å²) in [7, 11) is 0. The average molecular weight is 245 g/mol. The van der Waals surface area contributed by atoms with Crippen molar-refractivity contribution in [2.45, 2.75) is 32.7 Å². The van der Waals surface area contributed by atoms with E-state index in [0.717, 1.165) is 35.8 Å². The van der Waals surface area contributed by atoms with Crippen LogP contribution in [0, 0.1) is 0 Å². The molecule has 1 rings (SSSR count). The highest BCUT2D eigenvalue weighted by atomic mass is 79.9. The fourth-order valence-electron chi connectivity index (χ4n) is 1.24. The highest BCUT2D eigenvalue weighted by molar-refractivity contribution is 9.10. The number of aromatic nitrogens is 2. The van der Waals surface area contributed by atoms with E-state index in [4.69, 9.17) is 0 Å². The molecule has 0 saturated heterocycles. The Kier molecular flexibility index (Phi) is 4.15. The van der Waals surface area contributed by atoms with Crippen LogP contribution in [0.4, 0.5) is 0 Å². The van der Waals surface area contributed by atoms with Gasteiger partial charge in [-0.1, -0.05) is 6.92 Å². The number of halogens is 1. The summed E-state index contributed by atoms with van der Waals surface area (Å²) in [5, 5.41) is 4.21. The standard InChI is InChI=1S/C9H13BrN2O/c1-2-5-12-9(4-3-6-13)8(10)7-11-12/h6-7H,2-5H2,1H3. The molecule has 0 aliphatic rings. The molecule has 1 heterocycles. The van der Waals surface area contributed by atoms with Gasteiger partial charge in [0.25, 0.3) is 0 Å². The predicted molar refractivity (Wildman–Crippen MR) is 54.6 cm³/mol. The van der Waals surface area contributed by atoms with Crippen LogP contribution in [0.1, 0.15) is 25.5 Å². The van der Waals surface area contributed by atoms with Gasteiger partial charge in [-0.15, -0.1) is 0 Å². The smallest absolute Gasteiger partial charge is 0.120 e. The third-order valence-electron chi connectivity index (χ3n) is 1.83. The summed E-state index contributed by atoms with van der Waals surface area (Å²) >= 11 is 3.42. The van der Waals surface area contributed by atoms with Crippen molar-refractivity contribution in [3.05, 3.63) is 16.4 Å². The Morgan fingerprint density at radius 1 is 1.69 bits per heavy atom. The predicted octanol–water partition coefficient (Wildman–Crippen LogP) is 2.19. The first-order chi connectivity index (χ1) is 6.29. The van der Waals surface area contributed by atoms with Crippen molar-refractivity contribution in [3.8, 4) is 0 Å². The van der Waals surface area contributed by atoms with E-state index in [1.54, 1.807) is 6.20 Å². The van der Waals surface area contributed by atoms with Crippen molar-refractivity contribution < 1.29 is 4.79 Å². The molecule has 0 saturated carbocycles. The number of rotatable bonds is 5. The average Bonchev–Trinajstić information content (AvgIpc) is 2.45. The number of hydrogen-bond acceptors (Lipinski definition) is 2. The van der Waals surface area contributed by atoms with Gasteiger partial charge in [-0.3, -0.25) is 4.68 Å². The Balaban J connectivity index is 2.74. The van der Waals surface area contributed by atoms with Crippen molar-refractivity contribution in [1.82, 2.24) is 9.78 Å². The van der Waals surface area contributed by atoms with E-state index < -0.39 is 0 Å². The lowest BCUT2D eigenvalue weighted by Crippen LogP contribution is -2.04. The largest absolute Gasteiger partial charge is 0.303 e. The summed E-state index contributed by atoms with van der Waals surface area (Å²) in [5.74, 6) is 0. The quantitative estimate of drug-likeness (QED) is 0.745. The SMILES string of the molecule is CCCn1ncc(Br)c1CCC=O. The van der Waals surface area contributed by atoms with Crippen LogP contribution in [-0.2, 0) is 17.8 Å². The molecule has 0 N–H and O–H groups in total. The van der Waals surface area contributed by atoms with Crippen LogP contribution in [0.3, 0.4) is 0 Å². The zero-order valence-electron chi connectivity index (χ0n) is 7.66. The zero-order valence-corrected chi connectivity index (χ0v) is 9.25. The molecule has 0 atom stereocenters. The van der Waals surface area contributed by atoms with E-state index >= 15 is 0 Å². The summed E-state index contributed by atoms with van der Waals surface area (Å²) < 4.78 is 2.95. The van der Waals surface area contributed by atoms with Gasteiger partial charge in [0.15, 0.2) is 0 Å². The molecule has 0 aromatic carbocycles. The van der Waals surface area contributed by atoms with Crippen LogP contribution >= 0.6 is 15.9 Å². The summed E-state index contributed by atoms with van der Waals surface area (Å²) in [6, 6.07) is 0. The molecule has 1 aromatic rings. The lowest BCUT2D eigenvalue weighted by Gasteiger charge is -2.04. The molecular formula is C9H13BrN2O. The van der Waals surface area contributed by atoms with Gasteiger partial charge in [0.1, 0.15) is 6.29 Å². The van der Waals surface area contributed by atoms with Crippen LogP contribution < -0.4 is 0 Å². The minimum Gasteiger partial charge on any atom is -0.303 e. The van der Waals surface area contributed by atoms with Gasteiger partial charge in [-0.2, -0.15) is 5.10 Å². The highest BCUT2D eigenvalue weighted by Gasteiger charge is 2.06. The second-order valence-corrected chi connectivity index (χ2v) is 3.72. The maximum Gasteiger partial charge on any atom is 0.120 e.